The minimum absolute atomic E-state index is 0.299. The smallest absolute Gasteiger partial charge is 0.267 e. The van der Waals surface area contributed by atoms with Crippen molar-refractivity contribution in [2.24, 2.45) is 0 Å². The first-order valence-corrected chi connectivity index (χ1v) is 7.70. The number of nitrogens with one attached hydrogen (secondary N) is 1. The molecule has 0 atom stereocenters. The molecule has 0 aliphatic rings. The number of rotatable bonds is 2. The van der Waals surface area contributed by atoms with Crippen LogP contribution in [0, 0.1) is 5.82 Å². The lowest BCUT2D eigenvalue weighted by molar-refractivity contribution is 0.103. The van der Waals surface area contributed by atoms with Gasteiger partial charge in [-0.25, -0.2) is 4.39 Å². The molecule has 0 aliphatic heterocycles. The average Bonchev–Trinajstić information content (AvgIpc) is 2.76. The Labute approximate surface area is 132 Å². The molecule has 2 aromatic carbocycles. The zero-order valence-corrected chi connectivity index (χ0v) is 13.1. The van der Waals surface area contributed by atoms with Crippen molar-refractivity contribution in [2.45, 2.75) is 0 Å². The summed E-state index contributed by atoms with van der Waals surface area (Å²) in [6.07, 6.45) is 0. The first-order chi connectivity index (χ1) is 10.0. The van der Waals surface area contributed by atoms with Crippen molar-refractivity contribution in [3.63, 3.8) is 0 Å². The predicted octanol–water partition coefficient (Wildman–Crippen LogP) is 4.64. The second-order valence-corrected chi connectivity index (χ2v) is 6.42. The maximum Gasteiger partial charge on any atom is 0.267 e. The molecule has 3 aromatic rings. The number of halogens is 2. The van der Waals surface area contributed by atoms with E-state index in [1.165, 1.54) is 23.5 Å². The van der Waals surface area contributed by atoms with Crippen molar-refractivity contribution in [1.82, 2.24) is 0 Å². The Bertz CT molecular complexity index is 847. The molecule has 1 heterocycles. The van der Waals surface area contributed by atoms with Gasteiger partial charge in [-0.15, -0.1) is 11.3 Å². The first kappa shape index (κ1) is 14.0. The Morgan fingerprint density at radius 3 is 2.81 bits per heavy atom. The summed E-state index contributed by atoms with van der Waals surface area (Å²) in [6.45, 7) is 0. The van der Waals surface area contributed by atoms with Crippen LogP contribution in [0.25, 0.3) is 10.1 Å². The molecule has 0 aliphatic carbocycles. The van der Waals surface area contributed by atoms with Gasteiger partial charge < -0.3 is 11.1 Å². The SMILES string of the molecule is Nc1c(C(=O)Nc2cccc(Br)c2)sc2ccc(F)cc12. The van der Waals surface area contributed by atoms with Gasteiger partial charge in [-0.05, 0) is 36.4 Å². The molecule has 1 aromatic heterocycles. The van der Waals surface area contributed by atoms with Gasteiger partial charge in [0, 0.05) is 20.2 Å². The average molecular weight is 365 g/mol. The Hall–Kier alpha value is -1.92. The summed E-state index contributed by atoms with van der Waals surface area (Å²) in [5.74, 6) is -0.668. The summed E-state index contributed by atoms with van der Waals surface area (Å²) in [4.78, 5) is 12.7. The van der Waals surface area contributed by atoms with E-state index in [-0.39, 0.29) is 11.7 Å². The van der Waals surface area contributed by atoms with Crippen LogP contribution in [-0.4, -0.2) is 5.91 Å². The maximum atomic E-state index is 13.3. The van der Waals surface area contributed by atoms with Crippen LogP contribution in [0.3, 0.4) is 0 Å². The van der Waals surface area contributed by atoms with E-state index in [0.717, 1.165) is 9.17 Å². The van der Waals surface area contributed by atoms with E-state index in [2.05, 4.69) is 21.2 Å². The molecule has 0 bridgehead atoms. The molecular formula is C15H10BrFN2OS. The maximum absolute atomic E-state index is 13.3. The van der Waals surface area contributed by atoms with E-state index in [0.29, 0.717) is 21.6 Å². The van der Waals surface area contributed by atoms with E-state index in [1.807, 2.05) is 12.1 Å². The van der Waals surface area contributed by atoms with Crippen molar-refractivity contribution in [1.29, 1.82) is 0 Å². The minimum Gasteiger partial charge on any atom is -0.397 e. The van der Waals surface area contributed by atoms with Crippen molar-refractivity contribution >= 4 is 54.6 Å². The highest BCUT2D eigenvalue weighted by atomic mass is 79.9. The summed E-state index contributed by atoms with van der Waals surface area (Å²) in [6, 6.07) is 11.6. The fraction of sp³-hybridized carbons (Fsp3) is 0. The van der Waals surface area contributed by atoms with E-state index in [9.17, 15) is 9.18 Å². The molecule has 3 nitrogen and oxygen atoms in total. The van der Waals surface area contributed by atoms with Crippen LogP contribution < -0.4 is 11.1 Å². The number of fused-ring (bicyclic) bond motifs is 1. The lowest BCUT2D eigenvalue weighted by Crippen LogP contribution is -2.11. The Kier molecular flexibility index (Phi) is 3.65. The predicted molar refractivity (Wildman–Crippen MR) is 88.3 cm³/mol. The third-order valence-corrected chi connectivity index (χ3v) is 4.66. The summed E-state index contributed by atoms with van der Waals surface area (Å²) in [5.41, 5.74) is 6.94. The zero-order valence-electron chi connectivity index (χ0n) is 10.7. The summed E-state index contributed by atoms with van der Waals surface area (Å²) in [5, 5.41) is 3.35. The molecule has 0 fully saturated rings. The highest BCUT2D eigenvalue weighted by Gasteiger charge is 2.17. The molecule has 0 radical (unpaired) electrons. The third-order valence-electron chi connectivity index (χ3n) is 2.98. The number of carbonyl (C=O) groups excluding carboxylic acids is 1. The van der Waals surface area contributed by atoms with Crippen molar-refractivity contribution in [3.8, 4) is 0 Å². The standard InChI is InChI=1S/C15H10BrFN2OS/c16-8-2-1-3-10(6-8)19-15(20)14-13(18)11-7-9(17)4-5-12(11)21-14/h1-7H,18H2,(H,19,20). The van der Waals surface area contributed by atoms with Crippen molar-refractivity contribution in [2.75, 3.05) is 11.1 Å². The second kappa shape index (κ2) is 5.46. The van der Waals surface area contributed by atoms with Crippen LogP contribution in [0.4, 0.5) is 15.8 Å². The quantitative estimate of drug-likeness (QED) is 0.695. The van der Waals surface area contributed by atoms with Gasteiger partial charge in [-0.2, -0.15) is 0 Å². The van der Waals surface area contributed by atoms with Gasteiger partial charge in [0.15, 0.2) is 0 Å². The van der Waals surface area contributed by atoms with Crippen LogP contribution in [0.5, 0.6) is 0 Å². The van der Waals surface area contributed by atoms with Crippen LogP contribution in [0.2, 0.25) is 0 Å². The molecule has 0 unspecified atom stereocenters. The van der Waals surface area contributed by atoms with Crippen molar-refractivity contribution in [3.05, 3.63) is 57.6 Å². The lowest BCUT2D eigenvalue weighted by atomic mass is 10.2. The number of thiophene rings is 1. The molecule has 106 valence electrons. The van der Waals surface area contributed by atoms with Gasteiger partial charge in [0.2, 0.25) is 0 Å². The van der Waals surface area contributed by atoms with Crippen LogP contribution in [0.1, 0.15) is 9.67 Å². The number of amides is 1. The van der Waals surface area contributed by atoms with Crippen LogP contribution in [-0.2, 0) is 0 Å². The molecule has 3 N–H and O–H groups in total. The Morgan fingerprint density at radius 2 is 2.05 bits per heavy atom. The number of hydrogen-bond donors (Lipinski definition) is 2. The number of hydrogen-bond acceptors (Lipinski definition) is 3. The van der Waals surface area contributed by atoms with Gasteiger partial charge in [-0.1, -0.05) is 22.0 Å². The van der Waals surface area contributed by atoms with Crippen LogP contribution >= 0.6 is 27.3 Å². The normalized spacial score (nSPS) is 10.8. The summed E-state index contributed by atoms with van der Waals surface area (Å²) in [7, 11) is 0. The number of nitrogen functional groups attached to an aromatic ring is 1. The van der Waals surface area contributed by atoms with E-state index >= 15 is 0 Å². The van der Waals surface area contributed by atoms with Gasteiger partial charge >= 0.3 is 0 Å². The number of anilines is 2. The largest absolute Gasteiger partial charge is 0.397 e. The van der Waals surface area contributed by atoms with Gasteiger partial charge in [0.25, 0.3) is 5.91 Å². The second-order valence-electron chi connectivity index (χ2n) is 4.45. The van der Waals surface area contributed by atoms with Gasteiger partial charge in [-0.3, -0.25) is 4.79 Å². The number of carbonyl (C=O) groups is 1. The highest BCUT2D eigenvalue weighted by Crippen LogP contribution is 2.34. The fourth-order valence-corrected chi connectivity index (χ4v) is 3.41. The summed E-state index contributed by atoms with van der Waals surface area (Å²) >= 11 is 4.59. The monoisotopic (exact) mass is 364 g/mol. The van der Waals surface area contributed by atoms with E-state index in [1.54, 1.807) is 18.2 Å². The van der Waals surface area contributed by atoms with E-state index < -0.39 is 0 Å². The molecular weight excluding hydrogens is 355 g/mol. The molecule has 0 saturated carbocycles. The molecule has 6 heteroatoms. The topological polar surface area (TPSA) is 55.1 Å². The molecule has 1 amide bonds. The highest BCUT2D eigenvalue weighted by molar-refractivity contribution is 9.10. The lowest BCUT2D eigenvalue weighted by Gasteiger charge is -2.04. The molecule has 21 heavy (non-hydrogen) atoms. The van der Waals surface area contributed by atoms with Crippen molar-refractivity contribution < 1.29 is 9.18 Å². The minimum atomic E-state index is -0.369. The Balaban J connectivity index is 1.96. The fourth-order valence-electron chi connectivity index (χ4n) is 2.01. The van der Waals surface area contributed by atoms with Gasteiger partial charge in [0.05, 0.1) is 5.69 Å². The van der Waals surface area contributed by atoms with E-state index in [4.69, 9.17) is 5.73 Å². The summed E-state index contributed by atoms with van der Waals surface area (Å²) < 4.78 is 14.9. The Morgan fingerprint density at radius 1 is 1.24 bits per heavy atom. The number of benzene rings is 2. The molecule has 3 rings (SSSR count). The molecule has 0 saturated heterocycles. The van der Waals surface area contributed by atoms with Crippen LogP contribution in [0.15, 0.2) is 46.9 Å². The first-order valence-electron chi connectivity index (χ1n) is 6.09. The molecule has 0 spiro atoms. The third kappa shape index (κ3) is 2.77. The zero-order chi connectivity index (χ0) is 15.0. The van der Waals surface area contributed by atoms with Gasteiger partial charge in [0.1, 0.15) is 10.7 Å². The number of nitrogens with two attached hydrogens (primary N) is 1.